The van der Waals surface area contributed by atoms with Crippen molar-refractivity contribution in [3.63, 3.8) is 0 Å². The Kier molecular flexibility index (Phi) is 4.54. The molecule has 0 aliphatic heterocycles. The molecule has 2 aliphatic rings. The minimum absolute atomic E-state index is 0.0893. The van der Waals surface area contributed by atoms with E-state index in [4.69, 9.17) is 0 Å². The molecule has 4 rings (SSSR count). The molecule has 0 spiro atoms. The normalized spacial score (nSPS) is 22.1. The van der Waals surface area contributed by atoms with Gasteiger partial charge in [-0.1, -0.05) is 24.3 Å². The van der Waals surface area contributed by atoms with Gasteiger partial charge in [0.05, 0.1) is 4.90 Å². The predicted molar refractivity (Wildman–Crippen MR) is 101 cm³/mol. The van der Waals surface area contributed by atoms with Gasteiger partial charge in [0.15, 0.2) is 0 Å². The van der Waals surface area contributed by atoms with E-state index in [0.29, 0.717) is 11.5 Å². The molecule has 27 heavy (non-hydrogen) atoms. The first-order valence-corrected chi connectivity index (χ1v) is 10.7. The topological polar surface area (TPSA) is 54.5 Å². The van der Waals surface area contributed by atoms with E-state index in [-0.39, 0.29) is 18.0 Å². The van der Waals surface area contributed by atoms with Crippen LogP contribution in [0.3, 0.4) is 0 Å². The highest BCUT2D eigenvalue weighted by Gasteiger charge is 2.43. The van der Waals surface area contributed by atoms with Gasteiger partial charge in [0.2, 0.25) is 0 Å². The van der Waals surface area contributed by atoms with Crippen molar-refractivity contribution in [2.45, 2.75) is 55.5 Å². The van der Waals surface area contributed by atoms with Crippen molar-refractivity contribution in [3.8, 4) is 0 Å². The number of carbonyl (C=O) groups excluding carboxylic acids is 1. The number of nitrogens with zero attached hydrogens (tertiary/aromatic N) is 1. The van der Waals surface area contributed by atoms with E-state index in [1.165, 1.54) is 23.3 Å². The van der Waals surface area contributed by atoms with E-state index in [9.17, 15) is 17.1 Å². The van der Waals surface area contributed by atoms with E-state index >= 15 is 0 Å². The van der Waals surface area contributed by atoms with Crippen LogP contribution in [0.1, 0.15) is 53.1 Å². The van der Waals surface area contributed by atoms with Crippen LogP contribution in [0.4, 0.5) is 3.89 Å². The second-order valence-electron chi connectivity index (χ2n) is 7.58. The van der Waals surface area contributed by atoms with Crippen molar-refractivity contribution in [1.29, 1.82) is 0 Å². The Morgan fingerprint density at radius 2 is 1.63 bits per heavy atom. The van der Waals surface area contributed by atoms with Crippen LogP contribution in [0, 0.1) is 6.92 Å². The molecule has 0 saturated heterocycles. The molecule has 0 atom stereocenters. The second kappa shape index (κ2) is 6.75. The minimum atomic E-state index is -4.75. The number of benzene rings is 2. The highest BCUT2D eigenvalue weighted by Crippen LogP contribution is 2.44. The molecule has 2 aromatic rings. The standard InChI is InChI=1S/C21H22FNO3S/c1-14-4-2-3-5-20(14)16-12-18(13-16)23(17-8-9-17)21(24)15-6-10-19(11-7-15)27(22,25)26/h2-7,10-11,16-18H,8-9,12-13H2,1H3. The number of halogens is 1. The molecule has 142 valence electrons. The summed E-state index contributed by atoms with van der Waals surface area (Å²) < 4.78 is 35.0. The molecule has 0 bridgehead atoms. The lowest BCUT2D eigenvalue weighted by Gasteiger charge is -2.44. The summed E-state index contributed by atoms with van der Waals surface area (Å²) in [6.45, 7) is 2.12. The van der Waals surface area contributed by atoms with Gasteiger partial charge in [-0.05, 0) is 73.9 Å². The molecule has 2 aliphatic carbocycles. The van der Waals surface area contributed by atoms with E-state index in [2.05, 4.69) is 25.1 Å². The summed E-state index contributed by atoms with van der Waals surface area (Å²) in [5, 5.41) is 0. The number of carbonyl (C=O) groups is 1. The van der Waals surface area contributed by atoms with Crippen molar-refractivity contribution < 1.29 is 17.1 Å². The van der Waals surface area contributed by atoms with Crippen LogP contribution in [0.15, 0.2) is 53.4 Å². The second-order valence-corrected chi connectivity index (χ2v) is 8.93. The SMILES string of the molecule is Cc1ccccc1C1CC(N(C(=O)c2ccc(S(=O)(=O)F)cc2)C2CC2)C1. The maximum atomic E-state index is 13.1. The zero-order valence-electron chi connectivity index (χ0n) is 15.1. The summed E-state index contributed by atoms with van der Waals surface area (Å²) >= 11 is 0. The van der Waals surface area contributed by atoms with Crippen molar-refractivity contribution in [3.05, 3.63) is 65.2 Å². The minimum Gasteiger partial charge on any atom is -0.333 e. The van der Waals surface area contributed by atoms with Crippen LogP contribution in [0.2, 0.25) is 0 Å². The van der Waals surface area contributed by atoms with Gasteiger partial charge in [-0.2, -0.15) is 8.42 Å². The Morgan fingerprint density at radius 3 is 2.19 bits per heavy atom. The molecule has 0 N–H and O–H groups in total. The van der Waals surface area contributed by atoms with Gasteiger partial charge in [-0.25, -0.2) is 0 Å². The van der Waals surface area contributed by atoms with Gasteiger partial charge < -0.3 is 4.90 Å². The van der Waals surface area contributed by atoms with Crippen LogP contribution in [-0.4, -0.2) is 31.3 Å². The summed E-state index contributed by atoms with van der Waals surface area (Å²) in [6, 6.07) is 14.0. The Morgan fingerprint density at radius 1 is 1.00 bits per heavy atom. The molecule has 0 radical (unpaired) electrons. The summed E-state index contributed by atoms with van der Waals surface area (Å²) in [5.74, 6) is 0.387. The summed E-state index contributed by atoms with van der Waals surface area (Å²) in [4.78, 5) is 14.6. The average Bonchev–Trinajstić information content (AvgIpc) is 3.42. The van der Waals surface area contributed by atoms with Gasteiger partial charge in [-0.15, -0.1) is 3.89 Å². The number of hydrogen-bond donors (Lipinski definition) is 0. The molecular formula is C21H22FNO3S. The third-order valence-electron chi connectivity index (χ3n) is 5.69. The number of amides is 1. The maximum absolute atomic E-state index is 13.1. The quantitative estimate of drug-likeness (QED) is 0.723. The third-order valence-corrected chi connectivity index (χ3v) is 6.53. The number of aryl methyl sites for hydroxylation is 1. The highest BCUT2D eigenvalue weighted by molar-refractivity contribution is 7.86. The van der Waals surface area contributed by atoms with Crippen molar-refractivity contribution in [2.75, 3.05) is 0 Å². The van der Waals surface area contributed by atoms with Gasteiger partial charge in [0.25, 0.3) is 5.91 Å². The number of hydrogen-bond acceptors (Lipinski definition) is 3. The molecule has 2 saturated carbocycles. The fraction of sp³-hybridized carbons (Fsp3) is 0.381. The van der Waals surface area contributed by atoms with E-state index < -0.39 is 15.1 Å². The molecule has 4 nitrogen and oxygen atoms in total. The molecule has 0 heterocycles. The maximum Gasteiger partial charge on any atom is 0.332 e. The summed E-state index contributed by atoms with van der Waals surface area (Å²) in [6.07, 6.45) is 3.91. The summed E-state index contributed by atoms with van der Waals surface area (Å²) in [5.41, 5.74) is 3.05. The van der Waals surface area contributed by atoms with Crippen LogP contribution in [0.25, 0.3) is 0 Å². The molecule has 0 unspecified atom stereocenters. The Bertz CT molecular complexity index is 961. The van der Waals surface area contributed by atoms with E-state index in [1.807, 2.05) is 11.0 Å². The molecule has 0 aromatic heterocycles. The summed E-state index contributed by atoms with van der Waals surface area (Å²) in [7, 11) is -4.75. The van der Waals surface area contributed by atoms with Crippen LogP contribution >= 0.6 is 0 Å². The monoisotopic (exact) mass is 387 g/mol. The smallest absolute Gasteiger partial charge is 0.332 e. The zero-order valence-corrected chi connectivity index (χ0v) is 16.0. The molecular weight excluding hydrogens is 365 g/mol. The van der Waals surface area contributed by atoms with Crippen molar-refractivity contribution in [1.82, 2.24) is 4.90 Å². The molecule has 2 fully saturated rings. The first kappa shape index (κ1) is 18.2. The fourth-order valence-corrected chi connectivity index (χ4v) is 4.47. The third kappa shape index (κ3) is 3.63. The fourth-order valence-electron chi connectivity index (χ4n) is 4.01. The van der Waals surface area contributed by atoms with Crippen molar-refractivity contribution >= 4 is 16.1 Å². The van der Waals surface area contributed by atoms with Crippen LogP contribution in [0.5, 0.6) is 0 Å². The lowest BCUT2D eigenvalue weighted by Crippen LogP contribution is -2.48. The Labute approximate surface area is 159 Å². The zero-order chi connectivity index (χ0) is 19.2. The Hall–Kier alpha value is -2.21. The molecule has 6 heteroatoms. The van der Waals surface area contributed by atoms with Gasteiger partial charge in [0, 0.05) is 17.6 Å². The number of rotatable bonds is 5. The van der Waals surface area contributed by atoms with E-state index in [0.717, 1.165) is 37.8 Å². The molecule has 1 amide bonds. The first-order valence-electron chi connectivity index (χ1n) is 9.27. The average molecular weight is 387 g/mol. The highest BCUT2D eigenvalue weighted by atomic mass is 32.3. The van der Waals surface area contributed by atoms with Gasteiger partial charge >= 0.3 is 10.2 Å². The first-order chi connectivity index (χ1) is 12.8. The lowest BCUT2D eigenvalue weighted by molar-refractivity contribution is 0.0516. The lowest BCUT2D eigenvalue weighted by atomic mass is 9.73. The van der Waals surface area contributed by atoms with E-state index in [1.54, 1.807) is 0 Å². The van der Waals surface area contributed by atoms with Gasteiger partial charge in [-0.3, -0.25) is 4.79 Å². The van der Waals surface area contributed by atoms with Crippen molar-refractivity contribution in [2.24, 2.45) is 0 Å². The largest absolute Gasteiger partial charge is 0.333 e. The van der Waals surface area contributed by atoms with Crippen LogP contribution in [-0.2, 0) is 10.2 Å². The van der Waals surface area contributed by atoms with Crippen LogP contribution < -0.4 is 0 Å². The molecule has 2 aromatic carbocycles. The van der Waals surface area contributed by atoms with Gasteiger partial charge in [0.1, 0.15) is 0 Å². The Balaban J connectivity index is 1.49. The predicted octanol–water partition coefficient (Wildman–Crippen LogP) is 4.20.